The number of aromatic nitrogens is 2. The molecule has 0 saturated heterocycles. The van der Waals surface area contributed by atoms with Crippen molar-refractivity contribution in [2.45, 2.75) is 38.1 Å². The van der Waals surface area contributed by atoms with Crippen LogP contribution in [0.2, 0.25) is 0 Å². The number of aryl methyl sites for hydroxylation is 2. The second-order valence-corrected chi connectivity index (χ2v) is 8.33. The Morgan fingerprint density at radius 1 is 1.41 bits per heavy atom. The zero-order valence-electron chi connectivity index (χ0n) is 12.6. The molecule has 0 aliphatic heterocycles. The molecule has 0 amide bonds. The molecule has 2 heterocycles. The summed E-state index contributed by atoms with van der Waals surface area (Å²) in [6, 6.07) is 1.08. The number of hydrogen-bond donors (Lipinski definition) is 3. The summed E-state index contributed by atoms with van der Waals surface area (Å²) >= 11 is 1.43. The third-order valence-corrected chi connectivity index (χ3v) is 6.18. The highest BCUT2D eigenvalue weighted by Gasteiger charge is 2.31. The van der Waals surface area contributed by atoms with E-state index in [0.29, 0.717) is 5.01 Å². The molecule has 2 rings (SSSR count). The van der Waals surface area contributed by atoms with Gasteiger partial charge in [0.2, 0.25) is 10.0 Å². The molecule has 2 aromatic rings. The van der Waals surface area contributed by atoms with Gasteiger partial charge in [-0.2, -0.15) is 4.72 Å². The van der Waals surface area contributed by atoms with Gasteiger partial charge in [0.25, 0.3) is 0 Å². The van der Waals surface area contributed by atoms with E-state index < -0.39 is 21.5 Å². The Balaban J connectivity index is 2.32. The Morgan fingerprint density at radius 3 is 2.50 bits per heavy atom. The van der Waals surface area contributed by atoms with E-state index in [4.69, 9.17) is 5.11 Å². The van der Waals surface area contributed by atoms with E-state index in [1.54, 1.807) is 13.8 Å². The summed E-state index contributed by atoms with van der Waals surface area (Å²) in [4.78, 5) is 18.5. The SMILES string of the molecule is Cc1nc(C(C)(C)NS(=O)(=O)c2c[nH]c(C(=O)O)c2)sc1C. The summed E-state index contributed by atoms with van der Waals surface area (Å²) in [6.07, 6.45) is 1.15. The Bertz CT molecular complexity index is 799. The molecule has 7 nitrogen and oxygen atoms in total. The zero-order chi connectivity index (χ0) is 16.7. The third-order valence-electron chi connectivity index (χ3n) is 3.15. The number of nitrogens with one attached hydrogen (secondary N) is 2. The summed E-state index contributed by atoms with van der Waals surface area (Å²) in [5, 5.41) is 9.51. The van der Waals surface area contributed by atoms with E-state index in [-0.39, 0.29) is 10.6 Å². The highest BCUT2D eigenvalue weighted by molar-refractivity contribution is 7.89. The number of nitrogens with zero attached hydrogens (tertiary/aromatic N) is 1. The van der Waals surface area contributed by atoms with Crippen molar-refractivity contribution in [2.75, 3.05) is 0 Å². The van der Waals surface area contributed by atoms with Crippen molar-refractivity contribution < 1.29 is 18.3 Å². The zero-order valence-corrected chi connectivity index (χ0v) is 14.2. The number of carboxylic acid groups (broad SMARTS) is 1. The van der Waals surface area contributed by atoms with Crippen molar-refractivity contribution in [1.82, 2.24) is 14.7 Å². The van der Waals surface area contributed by atoms with E-state index in [9.17, 15) is 13.2 Å². The van der Waals surface area contributed by atoms with Crippen LogP contribution in [-0.2, 0) is 15.6 Å². The summed E-state index contributed by atoms with van der Waals surface area (Å²) < 4.78 is 27.4. The van der Waals surface area contributed by atoms with Crippen LogP contribution in [0.4, 0.5) is 0 Å². The van der Waals surface area contributed by atoms with Crippen LogP contribution in [0.3, 0.4) is 0 Å². The van der Waals surface area contributed by atoms with Gasteiger partial charge in [0.05, 0.1) is 11.2 Å². The van der Waals surface area contributed by atoms with Gasteiger partial charge in [-0.3, -0.25) is 0 Å². The van der Waals surface area contributed by atoms with Crippen LogP contribution in [0.1, 0.15) is 39.9 Å². The normalized spacial score (nSPS) is 12.5. The predicted molar refractivity (Wildman–Crippen MR) is 82.7 cm³/mol. The van der Waals surface area contributed by atoms with Crippen LogP contribution in [0.5, 0.6) is 0 Å². The number of hydrogen-bond acceptors (Lipinski definition) is 5. The molecule has 0 saturated carbocycles. The second kappa shape index (κ2) is 5.49. The minimum absolute atomic E-state index is 0.122. The standard InChI is InChI=1S/C13H17N3O4S2/c1-7-8(2)21-12(15-7)13(3,4)16-22(19,20)9-5-10(11(17)18)14-6-9/h5-6,14,16H,1-4H3,(H,17,18). The minimum Gasteiger partial charge on any atom is -0.477 e. The molecule has 0 bridgehead atoms. The van der Waals surface area contributed by atoms with Gasteiger partial charge in [-0.25, -0.2) is 18.2 Å². The van der Waals surface area contributed by atoms with Crippen LogP contribution < -0.4 is 4.72 Å². The Labute approximate surface area is 132 Å². The number of aromatic carboxylic acids is 1. The van der Waals surface area contributed by atoms with Gasteiger partial charge < -0.3 is 10.1 Å². The number of carbonyl (C=O) groups is 1. The highest BCUT2D eigenvalue weighted by atomic mass is 32.2. The number of H-pyrrole nitrogens is 1. The van der Waals surface area contributed by atoms with Crippen LogP contribution in [0.15, 0.2) is 17.2 Å². The maximum atomic E-state index is 12.4. The number of rotatable bonds is 5. The molecule has 0 aromatic carbocycles. The van der Waals surface area contributed by atoms with Gasteiger partial charge in [0.15, 0.2) is 0 Å². The lowest BCUT2D eigenvalue weighted by atomic mass is 10.1. The van der Waals surface area contributed by atoms with E-state index >= 15 is 0 Å². The maximum absolute atomic E-state index is 12.4. The van der Waals surface area contributed by atoms with E-state index in [0.717, 1.165) is 22.8 Å². The molecular formula is C13H17N3O4S2. The van der Waals surface area contributed by atoms with Gasteiger partial charge in [-0.1, -0.05) is 0 Å². The van der Waals surface area contributed by atoms with E-state index in [1.165, 1.54) is 11.3 Å². The Hall–Kier alpha value is -1.71. The molecule has 2 aromatic heterocycles. The molecule has 0 unspecified atom stereocenters. The maximum Gasteiger partial charge on any atom is 0.352 e. The lowest BCUT2D eigenvalue weighted by molar-refractivity contribution is 0.0691. The molecule has 0 aliphatic rings. The van der Waals surface area contributed by atoms with Crippen LogP contribution >= 0.6 is 11.3 Å². The molecule has 0 radical (unpaired) electrons. The molecular weight excluding hydrogens is 326 g/mol. The molecule has 120 valence electrons. The fourth-order valence-corrected chi connectivity index (χ4v) is 4.24. The molecule has 0 aliphatic carbocycles. The summed E-state index contributed by atoms with van der Waals surface area (Å²) in [5.74, 6) is -1.22. The smallest absolute Gasteiger partial charge is 0.352 e. The second-order valence-electron chi connectivity index (χ2n) is 5.45. The first-order valence-electron chi connectivity index (χ1n) is 6.43. The average molecular weight is 343 g/mol. The van der Waals surface area contributed by atoms with Gasteiger partial charge in [-0.15, -0.1) is 11.3 Å². The number of thiazole rings is 1. The largest absolute Gasteiger partial charge is 0.477 e. The minimum atomic E-state index is -3.86. The predicted octanol–water partition coefficient (Wildman–Crippen LogP) is 2.00. The topological polar surface area (TPSA) is 112 Å². The quantitative estimate of drug-likeness (QED) is 0.768. The lowest BCUT2D eigenvalue weighted by Gasteiger charge is -2.23. The first-order chi connectivity index (χ1) is 10.0. The van der Waals surface area contributed by atoms with Crippen molar-refractivity contribution in [2.24, 2.45) is 0 Å². The molecule has 22 heavy (non-hydrogen) atoms. The molecule has 9 heteroatoms. The lowest BCUT2D eigenvalue weighted by Crippen LogP contribution is -2.40. The Morgan fingerprint density at radius 2 is 2.05 bits per heavy atom. The van der Waals surface area contributed by atoms with Gasteiger partial charge >= 0.3 is 5.97 Å². The number of carboxylic acids is 1. The fourth-order valence-electron chi connectivity index (χ4n) is 1.83. The molecule has 0 spiro atoms. The highest BCUT2D eigenvalue weighted by Crippen LogP contribution is 2.29. The monoisotopic (exact) mass is 343 g/mol. The van der Waals surface area contributed by atoms with Gasteiger partial charge in [-0.05, 0) is 33.8 Å². The summed E-state index contributed by atoms with van der Waals surface area (Å²) in [7, 11) is -3.86. The van der Waals surface area contributed by atoms with Crippen molar-refractivity contribution in [3.63, 3.8) is 0 Å². The first-order valence-corrected chi connectivity index (χ1v) is 8.73. The van der Waals surface area contributed by atoms with Crippen molar-refractivity contribution in [3.8, 4) is 0 Å². The average Bonchev–Trinajstić information content (AvgIpc) is 2.97. The van der Waals surface area contributed by atoms with E-state index in [1.807, 2.05) is 13.8 Å². The van der Waals surface area contributed by atoms with Gasteiger partial charge in [0, 0.05) is 11.1 Å². The Kier molecular flexibility index (Phi) is 4.16. The molecule has 3 N–H and O–H groups in total. The summed E-state index contributed by atoms with van der Waals surface area (Å²) in [6.45, 7) is 7.22. The van der Waals surface area contributed by atoms with Crippen molar-refractivity contribution >= 4 is 27.3 Å². The molecule has 0 fully saturated rings. The van der Waals surface area contributed by atoms with Crippen LogP contribution in [-0.4, -0.2) is 29.5 Å². The van der Waals surface area contributed by atoms with Gasteiger partial charge in [0.1, 0.15) is 15.6 Å². The van der Waals surface area contributed by atoms with E-state index in [2.05, 4.69) is 14.7 Å². The van der Waals surface area contributed by atoms with Crippen molar-refractivity contribution in [3.05, 3.63) is 33.5 Å². The van der Waals surface area contributed by atoms with Crippen molar-refractivity contribution in [1.29, 1.82) is 0 Å². The molecule has 0 atom stereocenters. The van der Waals surface area contributed by atoms with Crippen LogP contribution in [0, 0.1) is 13.8 Å². The number of aromatic amines is 1. The van der Waals surface area contributed by atoms with Crippen LogP contribution in [0.25, 0.3) is 0 Å². The first kappa shape index (κ1) is 16.7. The summed E-state index contributed by atoms with van der Waals surface area (Å²) in [5.41, 5.74) is -0.218. The fraction of sp³-hybridized carbons (Fsp3) is 0.385. The third kappa shape index (κ3) is 3.21. The number of sulfonamides is 1.